The second-order valence-corrected chi connectivity index (χ2v) is 4.51. The summed E-state index contributed by atoms with van der Waals surface area (Å²) in [7, 11) is 0. The Morgan fingerprint density at radius 2 is 1.88 bits per heavy atom. The summed E-state index contributed by atoms with van der Waals surface area (Å²) in [6.45, 7) is 3.39. The predicted molar refractivity (Wildman–Crippen MR) is 64.3 cm³/mol. The minimum absolute atomic E-state index is 0.0423. The SMILES string of the molecule is CC(C)(O)CC(=O)c1ccc(OCCO)cc1. The Hall–Kier alpha value is -1.39. The van der Waals surface area contributed by atoms with Crippen molar-refractivity contribution in [3.05, 3.63) is 29.8 Å². The van der Waals surface area contributed by atoms with Gasteiger partial charge >= 0.3 is 0 Å². The lowest BCUT2D eigenvalue weighted by atomic mass is 9.98. The molecule has 0 bridgehead atoms. The minimum Gasteiger partial charge on any atom is -0.491 e. The van der Waals surface area contributed by atoms with Crippen LogP contribution in [0.3, 0.4) is 0 Å². The highest BCUT2D eigenvalue weighted by molar-refractivity contribution is 5.96. The van der Waals surface area contributed by atoms with Crippen LogP contribution in [0.15, 0.2) is 24.3 Å². The van der Waals surface area contributed by atoms with Crippen LogP contribution in [0.5, 0.6) is 5.75 Å². The highest BCUT2D eigenvalue weighted by Crippen LogP contribution is 2.16. The molecule has 0 aliphatic rings. The largest absolute Gasteiger partial charge is 0.491 e. The maximum atomic E-state index is 11.7. The van der Waals surface area contributed by atoms with Crippen LogP contribution in [0.1, 0.15) is 30.6 Å². The van der Waals surface area contributed by atoms with Gasteiger partial charge < -0.3 is 14.9 Å². The van der Waals surface area contributed by atoms with Gasteiger partial charge in [-0.3, -0.25) is 4.79 Å². The van der Waals surface area contributed by atoms with Gasteiger partial charge in [0, 0.05) is 12.0 Å². The first-order valence-corrected chi connectivity index (χ1v) is 5.52. The van der Waals surface area contributed by atoms with Gasteiger partial charge in [-0.15, -0.1) is 0 Å². The number of hydrogen-bond donors (Lipinski definition) is 2. The lowest BCUT2D eigenvalue weighted by molar-refractivity contribution is 0.0587. The van der Waals surface area contributed by atoms with Crippen molar-refractivity contribution in [2.75, 3.05) is 13.2 Å². The highest BCUT2D eigenvalue weighted by atomic mass is 16.5. The second-order valence-electron chi connectivity index (χ2n) is 4.51. The summed E-state index contributed by atoms with van der Waals surface area (Å²) in [6.07, 6.45) is 0.0871. The molecule has 0 atom stereocenters. The number of Topliss-reactive ketones (excluding diaryl/α,β-unsaturated/α-hetero) is 1. The van der Waals surface area contributed by atoms with Crippen molar-refractivity contribution in [1.29, 1.82) is 0 Å². The molecule has 0 unspecified atom stereocenters. The van der Waals surface area contributed by atoms with Crippen LogP contribution in [0, 0.1) is 0 Å². The maximum Gasteiger partial charge on any atom is 0.165 e. The summed E-state index contributed by atoms with van der Waals surface area (Å²) in [4.78, 5) is 11.7. The molecule has 1 aromatic carbocycles. The lowest BCUT2D eigenvalue weighted by Gasteiger charge is -2.15. The zero-order valence-electron chi connectivity index (χ0n) is 10.1. The molecular weight excluding hydrogens is 220 g/mol. The third-order valence-corrected chi connectivity index (χ3v) is 2.13. The Bertz CT molecular complexity index is 362. The van der Waals surface area contributed by atoms with E-state index in [1.54, 1.807) is 38.1 Å². The van der Waals surface area contributed by atoms with Gasteiger partial charge in [0.1, 0.15) is 12.4 Å². The van der Waals surface area contributed by atoms with E-state index in [1.807, 2.05) is 0 Å². The first kappa shape index (κ1) is 13.7. The molecule has 0 saturated carbocycles. The molecule has 1 aromatic rings. The van der Waals surface area contributed by atoms with E-state index in [4.69, 9.17) is 9.84 Å². The fraction of sp³-hybridized carbons (Fsp3) is 0.462. The van der Waals surface area contributed by atoms with Crippen molar-refractivity contribution < 1.29 is 19.7 Å². The number of rotatable bonds is 6. The van der Waals surface area contributed by atoms with Crippen molar-refractivity contribution >= 4 is 5.78 Å². The van der Waals surface area contributed by atoms with Gasteiger partial charge in [-0.25, -0.2) is 0 Å². The molecule has 0 radical (unpaired) electrons. The van der Waals surface area contributed by atoms with E-state index in [1.165, 1.54) is 0 Å². The van der Waals surface area contributed by atoms with Crippen molar-refractivity contribution in [3.63, 3.8) is 0 Å². The summed E-state index contributed by atoms with van der Waals surface area (Å²) in [5.41, 5.74) is -0.452. The normalized spacial score (nSPS) is 11.3. The number of hydrogen-bond acceptors (Lipinski definition) is 4. The molecule has 0 fully saturated rings. The van der Waals surface area contributed by atoms with E-state index in [2.05, 4.69) is 0 Å². The van der Waals surface area contributed by atoms with Gasteiger partial charge in [-0.2, -0.15) is 0 Å². The summed E-state index contributed by atoms with van der Waals surface area (Å²) in [5, 5.41) is 18.1. The minimum atomic E-state index is -0.997. The zero-order chi connectivity index (χ0) is 12.9. The van der Waals surface area contributed by atoms with Crippen molar-refractivity contribution in [3.8, 4) is 5.75 Å². The Morgan fingerprint density at radius 3 is 2.35 bits per heavy atom. The van der Waals surface area contributed by atoms with Crippen molar-refractivity contribution in [2.45, 2.75) is 25.9 Å². The quantitative estimate of drug-likeness (QED) is 0.735. The molecule has 94 valence electrons. The molecule has 0 saturated heterocycles. The van der Waals surface area contributed by atoms with Gasteiger partial charge in [0.2, 0.25) is 0 Å². The van der Waals surface area contributed by atoms with Gasteiger partial charge in [-0.05, 0) is 38.1 Å². The van der Waals surface area contributed by atoms with Crippen LogP contribution >= 0.6 is 0 Å². The van der Waals surface area contributed by atoms with Crippen LogP contribution in [-0.4, -0.2) is 34.8 Å². The zero-order valence-corrected chi connectivity index (χ0v) is 10.1. The van der Waals surface area contributed by atoms with E-state index in [0.29, 0.717) is 11.3 Å². The Kier molecular flexibility index (Phi) is 4.66. The van der Waals surface area contributed by atoms with Crippen LogP contribution in [0.2, 0.25) is 0 Å². The summed E-state index contributed by atoms with van der Waals surface area (Å²) >= 11 is 0. The molecule has 0 aliphatic heterocycles. The fourth-order valence-electron chi connectivity index (χ4n) is 1.40. The van der Waals surface area contributed by atoms with E-state index in [0.717, 1.165) is 0 Å². The molecule has 17 heavy (non-hydrogen) atoms. The molecule has 0 aromatic heterocycles. The second kappa shape index (κ2) is 5.80. The van der Waals surface area contributed by atoms with E-state index >= 15 is 0 Å². The summed E-state index contributed by atoms with van der Waals surface area (Å²) in [5.74, 6) is 0.505. The van der Waals surface area contributed by atoms with Crippen molar-refractivity contribution in [1.82, 2.24) is 0 Å². The number of benzene rings is 1. The maximum absolute atomic E-state index is 11.7. The molecule has 4 heteroatoms. The number of aliphatic hydroxyl groups is 2. The Morgan fingerprint density at radius 1 is 1.29 bits per heavy atom. The van der Waals surface area contributed by atoms with E-state index in [9.17, 15) is 9.90 Å². The van der Waals surface area contributed by atoms with Crippen LogP contribution in [-0.2, 0) is 0 Å². The molecule has 0 amide bonds. The average Bonchev–Trinajstić information content (AvgIpc) is 2.24. The molecule has 1 rings (SSSR count). The molecule has 2 N–H and O–H groups in total. The number of carbonyl (C=O) groups excluding carboxylic acids is 1. The van der Waals surface area contributed by atoms with Gasteiger partial charge in [0.25, 0.3) is 0 Å². The summed E-state index contributed by atoms with van der Waals surface area (Å²) in [6, 6.07) is 6.65. The fourth-order valence-corrected chi connectivity index (χ4v) is 1.40. The average molecular weight is 238 g/mol. The van der Waals surface area contributed by atoms with Crippen LogP contribution < -0.4 is 4.74 Å². The van der Waals surface area contributed by atoms with E-state index < -0.39 is 5.60 Å². The predicted octanol–water partition coefficient (Wildman–Crippen LogP) is 1.40. The van der Waals surface area contributed by atoms with E-state index in [-0.39, 0.29) is 25.4 Å². The van der Waals surface area contributed by atoms with Crippen LogP contribution in [0.25, 0.3) is 0 Å². The first-order valence-electron chi connectivity index (χ1n) is 5.52. The first-order chi connectivity index (χ1) is 7.92. The number of ether oxygens (including phenoxy) is 1. The lowest BCUT2D eigenvalue weighted by Crippen LogP contribution is -2.23. The van der Waals surface area contributed by atoms with Gasteiger partial charge in [0.15, 0.2) is 5.78 Å². The molecule has 4 nitrogen and oxygen atoms in total. The standard InChI is InChI=1S/C13H18O4/c1-13(2,16)9-12(15)10-3-5-11(6-4-10)17-8-7-14/h3-6,14,16H,7-9H2,1-2H3. The number of aliphatic hydroxyl groups excluding tert-OH is 1. The monoisotopic (exact) mass is 238 g/mol. The highest BCUT2D eigenvalue weighted by Gasteiger charge is 2.18. The number of ketones is 1. The Balaban J connectivity index is 2.64. The van der Waals surface area contributed by atoms with Crippen LogP contribution in [0.4, 0.5) is 0 Å². The smallest absolute Gasteiger partial charge is 0.165 e. The molecule has 0 aliphatic carbocycles. The number of carbonyl (C=O) groups is 1. The summed E-state index contributed by atoms with van der Waals surface area (Å²) < 4.78 is 5.18. The Labute approximate surface area is 101 Å². The van der Waals surface area contributed by atoms with Gasteiger partial charge in [-0.1, -0.05) is 0 Å². The third-order valence-electron chi connectivity index (χ3n) is 2.13. The topological polar surface area (TPSA) is 66.8 Å². The van der Waals surface area contributed by atoms with Crippen molar-refractivity contribution in [2.24, 2.45) is 0 Å². The third kappa shape index (κ3) is 4.97. The van der Waals surface area contributed by atoms with Gasteiger partial charge in [0.05, 0.1) is 12.2 Å². The molecule has 0 spiro atoms. The molecular formula is C13H18O4. The molecule has 0 heterocycles.